The van der Waals surface area contributed by atoms with E-state index in [0.717, 1.165) is 21.7 Å². The van der Waals surface area contributed by atoms with Crippen LogP contribution in [0.25, 0.3) is 17.2 Å². The normalized spacial score (nSPS) is 22.0. The molecule has 7 nitrogen and oxygen atoms in total. The number of aryl methyl sites for hydroxylation is 1. The van der Waals surface area contributed by atoms with Crippen LogP contribution in [0.1, 0.15) is 46.4 Å². The molecule has 1 amide bonds. The lowest BCUT2D eigenvalue weighted by Crippen LogP contribution is -2.59. The van der Waals surface area contributed by atoms with Crippen LogP contribution in [0.15, 0.2) is 18.5 Å². The van der Waals surface area contributed by atoms with E-state index in [1.54, 1.807) is 29.2 Å². The summed E-state index contributed by atoms with van der Waals surface area (Å²) >= 11 is 1.24. The molecule has 12 heteroatoms. The fourth-order valence-electron chi connectivity index (χ4n) is 4.12. The van der Waals surface area contributed by atoms with Crippen molar-refractivity contribution in [2.75, 3.05) is 6.61 Å². The second-order valence-corrected chi connectivity index (χ2v) is 9.21. The fourth-order valence-corrected chi connectivity index (χ4v) is 5.14. The van der Waals surface area contributed by atoms with Crippen molar-refractivity contribution in [3.05, 3.63) is 33.9 Å². The number of carbonyl (C=O) groups is 1. The lowest BCUT2D eigenvalue weighted by molar-refractivity contribution is -0.171. The number of carbonyl (C=O) groups excluding carboxylic acids is 1. The van der Waals surface area contributed by atoms with Crippen molar-refractivity contribution in [2.24, 2.45) is 5.73 Å². The Labute approximate surface area is 192 Å². The average molecular weight is 488 g/mol. The van der Waals surface area contributed by atoms with E-state index in [2.05, 4.69) is 10.4 Å². The van der Waals surface area contributed by atoms with Crippen LogP contribution in [0.4, 0.5) is 17.6 Å². The van der Waals surface area contributed by atoms with Crippen LogP contribution in [0.3, 0.4) is 0 Å². The molecular weight excluding hydrogens is 462 g/mol. The van der Waals surface area contributed by atoms with E-state index in [-0.39, 0.29) is 13.1 Å². The molecule has 1 fully saturated rings. The number of hydroxylamine groups is 2. The molecule has 0 spiro atoms. The van der Waals surface area contributed by atoms with Gasteiger partial charge in [0.2, 0.25) is 0 Å². The number of amides is 1. The summed E-state index contributed by atoms with van der Waals surface area (Å²) in [6.07, 6.45) is 3.37. The summed E-state index contributed by atoms with van der Waals surface area (Å²) in [5.74, 6) is -3.62. The molecule has 2 aromatic rings. The number of hydrogen-bond donors (Lipinski definition) is 2. The molecule has 1 aliphatic carbocycles. The summed E-state index contributed by atoms with van der Waals surface area (Å²) in [5.41, 5.74) is 8.14. The summed E-state index contributed by atoms with van der Waals surface area (Å²) in [5, 5.41) is 8.02. The molecule has 0 bridgehead atoms. The van der Waals surface area contributed by atoms with Crippen molar-refractivity contribution in [2.45, 2.75) is 63.7 Å². The quantitative estimate of drug-likeness (QED) is 0.580. The first-order chi connectivity index (χ1) is 15.7. The van der Waals surface area contributed by atoms with Crippen LogP contribution in [0.2, 0.25) is 0 Å². The Balaban J connectivity index is 1.55. The zero-order valence-electron chi connectivity index (χ0n) is 17.9. The van der Waals surface area contributed by atoms with E-state index in [4.69, 9.17) is 10.6 Å². The topological polar surface area (TPSA) is 85.4 Å². The minimum atomic E-state index is -3.05. The highest BCUT2D eigenvalue weighted by Gasteiger charge is 2.46. The molecular formula is C21H25F4N5O2S. The second-order valence-electron chi connectivity index (χ2n) is 8.07. The van der Waals surface area contributed by atoms with Gasteiger partial charge in [-0.05, 0) is 31.4 Å². The van der Waals surface area contributed by atoms with Gasteiger partial charge in [-0.2, -0.15) is 5.10 Å². The number of halogens is 4. The molecule has 2 aromatic heterocycles. The van der Waals surface area contributed by atoms with Gasteiger partial charge < -0.3 is 11.1 Å². The van der Waals surface area contributed by atoms with Crippen molar-refractivity contribution in [1.82, 2.24) is 20.2 Å². The van der Waals surface area contributed by atoms with Gasteiger partial charge in [-0.15, -0.1) is 11.3 Å². The molecule has 0 aromatic carbocycles. The third-order valence-electron chi connectivity index (χ3n) is 5.78. The van der Waals surface area contributed by atoms with E-state index in [1.807, 2.05) is 6.92 Å². The molecule has 180 valence electrons. The van der Waals surface area contributed by atoms with Gasteiger partial charge in [-0.25, -0.2) is 27.3 Å². The van der Waals surface area contributed by atoms with Gasteiger partial charge in [0.15, 0.2) is 0 Å². The molecule has 1 saturated carbocycles. The van der Waals surface area contributed by atoms with Crippen molar-refractivity contribution in [1.29, 1.82) is 0 Å². The molecule has 2 unspecified atom stereocenters. The average Bonchev–Trinajstić information content (AvgIpc) is 3.38. The summed E-state index contributed by atoms with van der Waals surface area (Å²) < 4.78 is 55.0. The number of alkyl halides is 4. The second kappa shape index (κ2) is 9.43. The zero-order valence-corrected chi connectivity index (χ0v) is 18.8. The monoisotopic (exact) mass is 487 g/mol. The minimum absolute atomic E-state index is 0.131. The van der Waals surface area contributed by atoms with Crippen molar-refractivity contribution < 1.29 is 27.2 Å². The van der Waals surface area contributed by atoms with E-state index in [1.165, 1.54) is 16.4 Å². The Morgan fingerprint density at radius 2 is 2.21 bits per heavy atom. The molecule has 33 heavy (non-hydrogen) atoms. The van der Waals surface area contributed by atoms with E-state index in [9.17, 15) is 22.4 Å². The number of rotatable bonds is 7. The lowest BCUT2D eigenvalue weighted by Gasteiger charge is -2.36. The number of nitrogens with zero attached hydrogens (tertiary/aromatic N) is 3. The zero-order chi connectivity index (χ0) is 23.8. The molecule has 2 atom stereocenters. The third-order valence-corrected chi connectivity index (χ3v) is 7.06. The number of nitrogens with two attached hydrogens (primary N) is 1. The highest BCUT2D eigenvalue weighted by molar-refractivity contribution is 7.14. The van der Waals surface area contributed by atoms with Crippen LogP contribution in [-0.2, 0) is 17.9 Å². The van der Waals surface area contributed by atoms with Gasteiger partial charge in [0.25, 0.3) is 18.3 Å². The third kappa shape index (κ3) is 4.92. The number of thiophene rings is 1. The standard InChI is InChI=1S/C21H25F4N5O2S/c1-2-16-12(13-9-27-30-11-29(7-5-15(13)30)32-10-18(22)23)8-17(33-16)20(31)28-19-14(26)4-3-6-21(19,24)25/h5,7-9,14,18-19H,2-4,6,10-11,26H2,1H3,(H,28,31). The number of fused-ring (bicyclic) bond motifs is 1. The Morgan fingerprint density at radius 1 is 1.42 bits per heavy atom. The maximum atomic E-state index is 14.3. The largest absolute Gasteiger partial charge is 0.341 e. The Kier molecular flexibility index (Phi) is 6.78. The highest BCUT2D eigenvalue weighted by Crippen LogP contribution is 2.37. The Hall–Kier alpha value is -2.44. The van der Waals surface area contributed by atoms with Crippen LogP contribution < -0.4 is 11.1 Å². The maximum absolute atomic E-state index is 14.3. The van der Waals surface area contributed by atoms with Gasteiger partial charge in [0, 0.05) is 34.7 Å². The maximum Gasteiger partial charge on any atom is 0.269 e. The molecule has 4 rings (SSSR count). The van der Waals surface area contributed by atoms with Crippen LogP contribution in [0.5, 0.6) is 0 Å². The first kappa shape index (κ1) is 23.7. The van der Waals surface area contributed by atoms with Gasteiger partial charge in [0.05, 0.1) is 16.8 Å². The molecule has 2 aliphatic rings. The number of nitrogens with one attached hydrogen (secondary N) is 1. The molecule has 1 aliphatic heterocycles. The van der Waals surface area contributed by atoms with Crippen LogP contribution >= 0.6 is 11.3 Å². The number of hydrogen-bond acceptors (Lipinski definition) is 6. The van der Waals surface area contributed by atoms with Gasteiger partial charge in [-0.3, -0.25) is 9.63 Å². The van der Waals surface area contributed by atoms with Gasteiger partial charge in [0.1, 0.15) is 19.3 Å². The fraction of sp³-hybridized carbons (Fsp3) is 0.524. The molecule has 3 N–H and O–H groups in total. The predicted octanol–water partition coefficient (Wildman–Crippen LogP) is 3.86. The van der Waals surface area contributed by atoms with Crippen molar-refractivity contribution in [3.8, 4) is 11.1 Å². The summed E-state index contributed by atoms with van der Waals surface area (Å²) in [7, 11) is 0. The SMILES string of the molecule is CCc1sc(C(=O)NC2C(N)CCCC2(F)F)cc1-c1cnn2c1C=CN(OCC(F)F)C2. The predicted molar refractivity (Wildman–Crippen MR) is 116 cm³/mol. The van der Waals surface area contributed by atoms with E-state index in [0.29, 0.717) is 24.1 Å². The van der Waals surface area contributed by atoms with E-state index >= 15 is 0 Å². The summed E-state index contributed by atoms with van der Waals surface area (Å²) in [4.78, 5) is 19.1. The first-order valence-electron chi connectivity index (χ1n) is 10.7. The first-order valence-corrected chi connectivity index (χ1v) is 11.5. The van der Waals surface area contributed by atoms with Crippen LogP contribution in [-0.4, -0.2) is 51.8 Å². The summed E-state index contributed by atoms with van der Waals surface area (Å²) in [6, 6.07) is -0.525. The van der Waals surface area contributed by atoms with Crippen molar-refractivity contribution in [3.63, 3.8) is 0 Å². The summed E-state index contributed by atoms with van der Waals surface area (Å²) in [6.45, 7) is 1.35. The van der Waals surface area contributed by atoms with Crippen molar-refractivity contribution >= 4 is 23.3 Å². The highest BCUT2D eigenvalue weighted by atomic mass is 32.1. The Morgan fingerprint density at radius 3 is 2.91 bits per heavy atom. The molecule has 3 heterocycles. The minimum Gasteiger partial charge on any atom is -0.341 e. The lowest BCUT2D eigenvalue weighted by atomic mass is 9.87. The smallest absolute Gasteiger partial charge is 0.269 e. The van der Waals surface area contributed by atoms with Crippen LogP contribution in [0, 0.1) is 0 Å². The number of aromatic nitrogens is 2. The van der Waals surface area contributed by atoms with Gasteiger partial charge >= 0.3 is 0 Å². The Bertz CT molecular complexity index is 1040. The van der Waals surface area contributed by atoms with Gasteiger partial charge in [-0.1, -0.05) is 6.92 Å². The molecule has 0 saturated heterocycles. The molecule has 0 radical (unpaired) electrons. The van der Waals surface area contributed by atoms with E-state index < -0.39 is 36.9 Å².